The summed E-state index contributed by atoms with van der Waals surface area (Å²) in [7, 11) is 0. The molecular formula is C13H15FN4O2. The van der Waals surface area contributed by atoms with Crippen LogP contribution in [-0.2, 0) is 0 Å². The molecule has 1 unspecified atom stereocenters. The average Bonchev–Trinajstić information content (AvgIpc) is 2.94. The Morgan fingerprint density at radius 1 is 1.40 bits per heavy atom. The second-order valence-corrected chi connectivity index (χ2v) is 4.26. The molecule has 0 aliphatic heterocycles. The largest absolute Gasteiger partial charge is 0.312 e. The molecular weight excluding hydrogens is 263 g/mol. The Morgan fingerprint density at radius 3 is 2.75 bits per heavy atom. The highest BCUT2D eigenvalue weighted by atomic mass is 19.1. The normalized spacial score (nSPS) is 12.2. The number of hydrogen-bond acceptors (Lipinski definition) is 4. The van der Waals surface area contributed by atoms with Crippen LogP contribution in [0.25, 0.3) is 0 Å². The lowest BCUT2D eigenvalue weighted by molar-refractivity contribution is -0.385. The van der Waals surface area contributed by atoms with Crippen molar-refractivity contribution >= 4 is 5.69 Å². The first-order chi connectivity index (χ1) is 9.72. The highest BCUT2D eigenvalue weighted by Gasteiger charge is 2.17. The lowest BCUT2D eigenvalue weighted by Gasteiger charge is -2.18. The summed E-state index contributed by atoms with van der Waals surface area (Å²) in [5, 5.41) is 17.7. The molecule has 0 aliphatic rings. The van der Waals surface area contributed by atoms with E-state index in [-0.39, 0.29) is 18.3 Å². The fraction of sp³-hybridized carbons (Fsp3) is 0.308. The van der Waals surface area contributed by atoms with E-state index in [1.165, 1.54) is 17.1 Å². The molecule has 0 aliphatic carbocycles. The van der Waals surface area contributed by atoms with Crippen molar-refractivity contribution in [1.82, 2.24) is 15.1 Å². The van der Waals surface area contributed by atoms with E-state index in [4.69, 9.17) is 0 Å². The van der Waals surface area contributed by atoms with Crippen LogP contribution >= 0.6 is 0 Å². The second kappa shape index (κ2) is 6.76. The predicted molar refractivity (Wildman–Crippen MR) is 72.3 cm³/mol. The van der Waals surface area contributed by atoms with Crippen molar-refractivity contribution in [1.29, 1.82) is 0 Å². The maximum Gasteiger partial charge on any atom is 0.307 e. The number of nitrogens with zero attached hydrogens (tertiary/aromatic N) is 3. The van der Waals surface area contributed by atoms with Gasteiger partial charge in [-0.25, -0.2) is 4.39 Å². The zero-order chi connectivity index (χ0) is 14.4. The first-order valence-corrected chi connectivity index (χ1v) is 6.22. The number of nitro groups is 1. The molecule has 2 aromatic rings. The van der Waals surface area contributed by atoms with Crippen molar-refractivity contribution < 1.29 is 9.31 Å². The van der Waals surface area contributed by atoms with E-state index in [0.29, 0.717) is 6.54 Å². The quantitative estimate of drug-likeness (QED) is 0.477. The SMILES string of the molecule is O=[N+]([O-])c1cnn(C(CNCCF)c2ccccc2)c1. The molecule has 6 nitrogen and oxygen atoms in total. The van der Waals surface area contributed by atoms with E-state index in [9.17, 15) is 14.5 Å². The second-order valence-electron chi connectivity index (χ2n) is 4.26. The van der Waals surface area contributed by atoms with Gasteiger partial charge in [0, 0.05) is 13.1 Å². The number of hydrogen-bond donors (Lipinski definition) is 1. The zero-order valence-corrected chi connectivity index (χ0v) is 10.8. The molecule has 1 aromatic heterocycles. The molecule has 1 aromatic carbocycles. The van der Waals surface area contributed by atoms with E-state index in [1.54, 1.807) is 0 Å². The number of benzene rings is 1. The Hall–Kier alpha value is -2.28. The van der Waals surface area contributed by atoms with Crippen molar-refractivity contribution in [2.45, 2.75) is 6.04 Å². The summed E-state index contributed by atoms with van der Waals surface area (Å²) in [4.78, 5) is 10.2. The molecule has 0 radical (unpaired) electrons. The first kappa shape index (κ1) is 14.1. The van der Waals surface area contributed by atoms with Gasteiger partial charge in [-0.15, -0.1) is 0 Å². The van der Waals surface area contributed by atoms with Crippen LogP contribution in [0.2, 0.25) is 0 Å². The number of nitrogens with one attached hydrogen (secondary N) is 1. The molecule has 0 amide bonds. The molecule has 2 rings (SSSR count). The smallest absolute Gasteiger partial charge is 0.307 e. The maximum atomic E-state index is 12.2. The van der Waals surface area contributed by atoms with Crippen molar-refractivity contribution in [3.63, 3.8) is 0 Å². The van der Waals surface area contributed by atoms with E-state index in [0.717, 1.165) is 5.56 Å². The van der Waals surface area contributed by atoms with Crippen molar-refractivity contribution in [3.8, 4) is 0 Å². The summed E-state index contributed by atoms with van der Waals surface area (Å²) in [5.41, 5.74) is 0.897. The van der Waals surface area contributed by atoms with Gasteiger partial charge in [-0.1, -0.05) is 30.3 Å². The average molecular weight is 278 g/mol. The Kier molecular flexibility index (Phi) is 4.78. The van der Waals surface area contributed by atoms with Gasteiger partial charge in [0.1, 0.15) is 19.1 Å². The van der Waals surface area contributed by atoms with Crippen LogP contribution in [0.1, 0.15) is 11.6 Å². The monoisotopic (exact) mass is 278 g/mol. The number of rotatable bonds is 7. The molecule has 1 heterocycles. The summed E-state index contributed by atoms with van der Waals surface area (Å²) in [6.45, 7) is 0.236. The molecule has 1 N–H and O–H groups in total. The highest BCUT2D eigenvalue weighted by Crippen LogP contribution is 2.19. The van der Waals surface area contributed by atoms with E-state index in [2.05, 4.69) is 10.4 Å². The van der Waals surface area contributed by atoms with Crippen LogP contribution in [0.3, 0.4) is 0 Å². The fourth-order valence-electron chi connectivity index (χ4n) is 1.94. The van der Waals surface area contributed by atoms with Gasteiger partial charge in [-0.2, -0.15) is 5.10 Å². The van der Waals surface area contributed by atoms with Crippen LogP contribution in [0.5, 0.6) is 0 Å². The summed E-state index contributed by atoms with van der Waals surface area (Å²) >= 11 is 0. The van der Waals surface area contributed by atoms with Crippen LogP contribution in [0.4, 0.5) is 10.1 Å². The Balaban J connectivity index is 2.23. The Bertz CT molecular complexity index is 559. The third-order valence-corrected chi connectivity index (χ3v) is 2.91. The summed E-state index contributed by atoms with van der Waals surface area (Å²) < 4.78 is 13.7. The highest BCUT2D eigenvalue weighted by molar-refractivity contribution is 5.25. The summed E-state index contributed by atoms with van der Waals surface area (Å²) in [5.74, 6) is 0. The van der Waals surface area contributed by atoms with Gasteiger partial charge in [0.2, 0.25) is 0 Å². The summed E-state index contributed by atoms with van der Waals surface area (Å²) in [6.07, 6.45) is 2.60. The molecule has 0 spiro atoms. The zero-order valence-electron chi connectivity index (χ0n) is 10.8. The van der Waals surface area contributed by atoms with Gasteiger partial charge in [-0.3, -0.25) is 14.8 Å². The van der Waals surface area contributed by atoms with E-state index < -0.39 is 11.6 Å². The number of alkyl halides is 1. The lowest BCUT2D eigenvalue weighted by Crippen LogP contribution is -2.28. The fourth-order valence-corrected chi connectivity index (χ4v) is 1.94. The van der Waals surface area contributed by atoms with Gasteiger partial charge in [0.25, 0.3) is 0 Å². The number of aromatic nitrogens is 2. The van der Waals surface area contributed by atoms with Crippen molar-refractivity contribution in [2.75, 3.05) is 19.8 Å². The van der Waals surface area contributed by atoms with Gasteiger partial charge >= 0.3 is 5.69 Å². The first-order valence-electron chi connectivity index (χ1n) is 6.22. The Morgan fingerprint density at radius 2 is 2.15 bits per heavy atom. The van der Waals surface area contributed by atoms with Crippen LogP contribution < -0.4 is 5.32 Å². The van der Waals surface area contributed by atoms with Gasteiger partial charge in [-0.05, 0) is 5.56 Å². The van der Waals surface area contributed by atoms with Gasteiger partial charge in [0.15, 0.2) is 0 Å². The minimum atomic E-state index is -0.486. The molecule has 20 heavy (non-hydrogen) atoms. The molecule has 0 bridgehead atoms. The lowest BCUT2D eigenvalue weighted by atomic mass is 10.1. The standard InChI is InChI=1S/C13H15FN4O2/c14-6-7-15-9-13(11-4-2-1-3-5-11)17-10-12(8-16-17)18(19)20/h1-5,8,10,13,15H,6-7,9H2. The molecule has 0 saturated carbocycles. The van der Waals surface area contributed by atoms with Crippen LogP contribution in [-0.4, -0.2) is 34.5 Å². The molecule has 0 saturated heterocycles. The van der Waals surface area contributed by atoms with Gasteiger partial charge in [0.05, 0.1) is 11.0 Å². The molecule has 0 fully saturated rings. The van der Waals surface area contributed by atoms with E-state index in [1.807, 2.05) is 30.3 Å². The van der Waals surface area contributed by atoms with Crippen molar-refractivity contribution in [2.24, 2.45) is 0 Å². The molecule has 1 atom stereocenters. The number of halogens is 1. The predicted octanol–water partition coefficient (Wildman–Crippen LogP) is 1.94. The minimum Gasteiger partial charge on any atom is -0.312 e. The Labute approximate surface area is 115 Å². The molecule has 106 valence electrons. The van der Waals surface area contributed by atoms with E-state index >= 15 is 0 Å². The van der Waals surface area contributed by atoms with Crippen LogP contribution in [0.15, 0.2) is 42.7 Å². The topological polar surface area (TPSA) is 73.0 Å². The minimum absolute atomic E-state index is 0.0589. The van der Waals surface area contributed by atoms with Crippen molar-refractivity contribution in [3.05, 3.63) is 58.4 Å². The maximum absolute atomic E-state index is 12.2. The third-order valence-electron chi connectivity index (χ3n) is 2.91. The van der Waals surface area contributed by atoms with Gasteiger partial charge < -0.3 is 5.32 Å². The van der Waals surface area contributed by atoms with Crippen LogP contribution in [0, 0.1) is 10.1 Å². The third kappa shape index (κ3) is 3.39. The molecule has 7 heteroatoms. The summed E-state index contributed by atoms with van der Waals surface area (Å²) in [6, 6.07) is 9.27.